The van der Waals surface area contributed by atoms with E-state index < -0.39 is 0 Å². The van der Waals surface area contributed by atoms with Crippen LogP contribution in [0, 0.1) is 52.3 Å². The number of hydrogen-bond acceptors (Lipinski definition) is 3. The molecule has 9 atom stereocenters. The lowest BCUT2D eigenvalue weighted by Crippen LogP contribution is -2.57. The Labute approximate surface area is 196 Å². The van der Waals surface area contributed by atoms with E-state index in [1.165, 1.54) is 51.9 Å². The maximum Gasteiger partial charge on any atom is 0.302 e. The molecule has 0 spiro atoms. The SMILES string of the molecule is CC(=O)O[C@@H]1CCC2(C)C3CCC4(C)C(CCC4[C@H](C)CCCC(C)C)C3C(=O)C[C@H]2C1. The second kappa shape index (κ2) is 9.06. The van der Waals surface area contributed by atoms with Crippen LogP contribution in [0.2, 0.25) is 0 Å². The third kappa shape index (κ3) is 4.20. The van der Waals surface area contributed by atoms with E-state index in [1.807, 2.05) is 0 Å². The number of carbonyl (C=O) groups is 2. The second-order valence-electron chi connectivity index (χ2n) is 13.1. The maximum absolute atomic E-state index is 13.7. The molecule has 0 radical (unpaired) electrons. The van der Waals surface area contributed by atoms with Crippen molar-refractivity contribution < 1.29 is 14.3 Å². The van der Waals surface area contributed by atoms with Crippen molar-refractivity contribution in [2.75, 3.05) is 0 Å². The van der Waals surface area contributed by atoms with Gasteiger partial charge in [0.15, 0.2) is 0 Å². The Balaban J connectivity index is 1.48. The third-order valence-corrected chi connectivity index (χ3v) is 11.0. The first-order chi connectivity index (χ1) is 15.1. The zero-order chi connectivity index (χ0) is 23.3. The molecule has 0 saturated heterocycles. The molecular weight excluding hydrogens is 396 g/mol. The van der Waals surface area contributed by atoms with Gasteiger partial charge in [0.2, 0.25) is 0 Å². The van der Waals surface area contributed by atoms with Crippen LogP contribution in [-0.4, -0.2) is 17.9 Å². The van der Waals surface area contributed by atoms with Crippen LogP contribution in [0.25, 0.3) is 0 Å². The van der Waals surface area contributed by atoms with E-state index in [0.717, 1.165) is 43.4 Å². The summed E-state index contributed by atoms with van der Waals surface area (Å²) in [4.78, 5) is 25.2. The lowest BCUT2D eigenvalue weighted by molar-refractivity contribution is -0.168. The number of rotatable bonds is 6. The summed E-state index contributed by atoms with van der Waals surface area (Å²) in [7, 11) is 0. The highest BCUT2D eigenvalue weighted by Gasteiger charge is 2.63. The fourth-order valence-corrected chi connectivity index (χ4v) is 9.26. The first-order valence-corrected chi connectivity index (χ1v) is 13.8. The number of fused-ring (bicyclic) bond motifs is 5. The second-order valence-corrected chi connectivity index (χ2v) is 13.1. The van der Waals surface area contributed by atoms with E-state index in [2.05, 4.69) is 34.6 Å². The van der Waals surface area contributed by atoms with Crippen LogP contribution in [0.4, 0.5) is 0 Å². The van der Waals surface area contributed by atoms with Crippen molar-refractivity contribution in [2.24, 2.45) is 52.3 Å². The van der Waals surface area contributed by atoms with Gasteiger partial charge in [-0.2, -0.15) is 0 Å². The maximum atomic E-state index is 13.7. The zero-order valence-corrected chi connectivity index (χ0v) is 21.6. The van der Waals surface area contributed by atoms with E-state index in [-0.39, 0.29) is 23.4 Å². The Morgan fingerprint density at radius 2 is 1.69 bits per heavy atom. The molecule has 3 heteroatoms. The van der Waals surface area contributed by atoms with Crippen LogP contribution in [0.1, 0.15) is 112 Å². The fourth-order valence-electron chi connectivity index (χ4n) is 9.26. The first-order valence-electron chi connectivity index (χ1n) is 13.8. The highest BCUT2D eigenvalue weighted by atomic mass is 16.5. The highest BCUT2D eigenvalue weighted by Crippen LogP contribution is 2.67. The van der Waals surface area contributed by atoms with Gasteiger partial charge in [0, 0.05) is 19.3 Å². The molecule has 182 valence electrons. The predicted octanol–water partition coefficient (Wildman–Crippen LogP) is 7.22. The van der Waals surface area contributed by atoms with Gasteiger partial charge in [0.1, 0.15) is 11.9 Å². The molecule has 6 unspecified atom stereocenters. The van der Waals surface area contributed by atoms with Gasteiger partial charge in [0.05, 0.1) is 0 Å². The Kier molecular flexibility index (Phi) is 6.87. The molecule has 0 aromatic carbocycles. The average Bonchev–Trinajstić information content (AvgIpc) is 3.05. The van der Waals surface area contributed by atoms with Gasteiger partial charge in [-0.25, -0.2) is 0 Å². The smallest absolute Gasteiger partial charge is 0.302 e. The monoisotopic (exact) mass is 444 g/mol. The summed E-state index contributed by atoms with van der Waals surface area (Å²) >= 11 is 0. The third-order valence-electron chi connectivity index (χ3n) is 11.0. The summed E-state index contributed by atoms with van der Waals surface area (Å²) in [5, 5.41) is 0. The Morgan fingerprint density at radius 1 is 1.00 bits per heavy atom. The van der Waals surface area contributed by atoms with Gasteiger partial charge in [-0.05, 0) is 91.3 Å². The molecule has 4 aliphatic carbocycles. The summed E-state index contributed by atoms with van der Waals surface area (Å²) in [6.07, 6.45) is 12.9. The van der Waals surface area contributed by atoms with Crippen molar-refractivity contribution in [3.8, 4) is 0 Å². The molecule has 32 heavy (non-hydrogen) atoms. The van der Waals surface area contributed by atoms with Crippen LogP contribution in [0.5, 0.6) is 0 Å². The Hall–Kier alpha value is -0.860. The molecular formula is C29H48O3. The minimum atomic E-state index is -0.174. The van der Waals surface area contributed by atoms with Gasteiger partial charge >= 0.3 is 5.97 Å². The van der Waals surface area contributed by atoms with Crippen molar-refractivity contribution in [1.82, 2.24) is 0 Å². The summed E-state index contributed by atoms with van der Waals surface area (Å²) in [5.41, 5.74) is 0.601. The van der Waals surface area contributed by atoms with Crippen LogP contribution in [0.3, 0.4) is 0 Å². The number of ether oxygens (including phenoxy) is 1. The van der Waals surface area contributed by atoms with Gasteiger partial charge < -0.3 is 4.74 Å². The highest BCUT2D eigenvalue weighted by molar-refractivity contribution is 5.83. The zero-order valence-electron chi connectivity index (χ0n) is 21.6. The van der Waals surface area contributed by atoms with Gasteiger partial charge in [-0.1, -0.05) is 53.9 Å². The molecule has 3 nitrogen and oxygen atoms in total. The summed E-state index contributed by atoms with van der Waals surface area (Å²) < 4.78 is 5.58. The Bertz CT molecular complexity index is 713. The van der Waals surface area contributed by atoms with Crippen LogP contribution < -0.4 is 0 Å². The lowest BCUT2D eigenvalue weighted by Gasteiger charge is -2.60. The summed E-state index contributed by atoms with van der Waals surface area (Å²) in [5.74, 6) is 4.56. The molecule has 0 amide bonds. The Morgan fingerprint density at radius 3 is 2.38 bits per heavy atom. The number of esters is 1. The quantitative estimate of drug-likeness (QED) is 0.406. The molecule has 4 fully saturated rings. The number of Topliss-reactive ketones (excluding diaryl/α,β-unsaturated/α-hetero) is 1. The largest absolute Gasteiger partial charge is 0.463 e. The molecule has 4 rings (SSSR count). The number of ketones is 1. The van der Waals surface area contributed by atoms with Gasteiger partial charge in [0.25, 0.3) is 0 Å². The van der Waals surface area contributed by atoms with Crippen molar-refractivity contribution in [1.29, 1.82) is 0 Å². The van der Waals surface area contributed by atoms with Gasteiger partial charge in [-0.3, -0.25) is 9.59 Å². The fraction of sp³-hybridized carbons (Fsp3) is 0.931. The van der Waals surface area contributed by atoms with Crippen LogP contribution >= 0.6 is 0 Å². The van der Waals surface area contributed by atoms with Crippen LogP contribution in [-0.2, 0) is 14.3 Å². The minimum Gasteiger partial charge on any atom is -0.463 e. The van der Waals surface area contributed by atoms with E-state index in [1.54, 1.807) is 0 Å². The first kappa shape index (κ1) is 24.3. The van der Waals surface area contributed by atoms with Crippen LogP contribution in [0.15, 0.2) is 0 Å². The molecule has 0 bridgehead atoms. The molecule has 4 aliphatic rings. The average molecular weight is 445 g/mol. The molecule has 4 saturated carbocycles. The number of hydrogen-bond donors (Lipinski definition) is 0. The molecule has 0 aromatic heterocycles. The topological polar surface area (TPSA) is 43.4 Å². The van der Waals surface area contributed by atoms with E-state index in [9.17, 15) is 9.59 Å². The van der Waals surface area contributed by atoms with Crippen molar-refractivity contribution in [3.63, 3.8) is 0 Å². The van der Waals surface area contributed by atoms with Crippen molar-refractivity contribution >= 4 is 11.8 Å². The summed E-state index contributed by atoms with van der Waals surface area (Å²) in [6.45, 7) is 13.7. The van der Waals surface area contributed by atoms with Crippen molar-refractivity contribution in [3.05, 3.63) is 0 Å². The predicted molar refractivity (Wildman–Crippen MR) is 129 cm³/mol. The van der Waals surface area contributed by atoms with E-state index in [0.29, 0.717) is 29.0 Å². The molecule has 0 heterocycles. The standard InChI is InChI=1S/C29H48O3/c1-18(2)8-7-9-19(3)23-10-11-24-27-25(13-15-29(23,24)6)28(5)14-12-22(32-20(4)30)16-21(28)17-26(27)31/h18-19,21-25,27H,7-17H2,1-6H3/t19-,21-,22-,23?,24?,25?,27?,28?,29?/m1/s1. The molecule has 0 aromatic rings. The van der Waals surface area contributed by atoms with E-state index in [4.69, 9.17) is 4.74 Å². The van der Waals surface area contributed by atoms with Crippen molar-refractivity contribution in [2.45, 2.75) is 118 Å². The normalized spacial score (nSPS) is 44.5. The number of carbonyl (C=O) groups excluding carboxylic acids is 2. The lowest BCUT2D eigenvalue weighted by atomic mass is 9.44. The molecule has 0 aliphatic heterocycles. The molecule has 0 N–H and O–H groups in total. The van der Waals surface area contributed by atoms with E-state index >= 15 is 0 Å². The summed E-state index contributed by atoms with van der Waals surface area (Å²) in [6, 6.07) is 0. The minimum absolute atomic E-state index is 0.0198. The van der Waals surface area contributed by atoms with Gasteiger partial charge in [-0.15, -0.1) is 0 Å².